The third-order valence-electron chi connectivity index (χ3n) is 9.82. The molecule has 2 aliphatic rings. The minimum Gasteiger partial charge on any atom is -0.478 e. The van der Waals surface area contributed by atoms with Crippen LogP contribution >= 0.6 is 34.8 Å². The second kappa shape index (κ2) is 12.8. The van der Waals surface area contributed by atoms with Crippen LogP contribution in [0.1, 0.15) is 20.7 Å². The van der Waals surface area contributed by atoms with Crippen LogP contribution in [0, 0.1) is 0 Å². The van der Waals surface area contributed by atoms with Crippen molar-refractivity contribution in [1.82, 2.24) is 34.9 Å². The lowest BCUT2D eigenvalue weighted by atomic mass is 10.1. The second-order valence-electron chi connectivity index (χ2n) is 13.2. The van der Waals surface area contributed by atoms with Crippen LogP contribution in [0.2, 0.25) is 15.1 Å². The molecule has 16 heteroatoms. The second-order valence-corrected chi connectivity index (χ2v) is 14.3. The normalized spacial score (nSPS) is 11.8. The number of aromatic nitrogens is 8. The summed E-state index contributed by atoms with van der Waals surface area (Å²) in [6.07, 6.45) is 0. The topological polar surface area (TPSA) is 184 Å². The van der Waals surface area contributed by atoms with Gasteiger partial charge in [-0.1, -0.05) is 99.4 Å². The van der Waals surface area contributed by atoms with E-state index in [1.165, 1.54) is 0 Å². The van der Waals surface area contributed by atoms with Gasteiger partial charge in [-0.05, 0) is 36.4 Å². The van der Waals surface area contributed by atoms with Gasteiger partial charge < -0.3 is 24.9 Å². The molecule has 0 spiro atoms. The molecule has 10 rings (SSSR count). The standard InChI is InChI=1S/C41H21Cl3N8O5/c1-52-38-24-12-6-7-13-25(24)39(52)51-37-27-26(28(42)30(44)31(29(27)43)57-19-15-17(40(53)54)14-18(16-19)41(55)56)36(49-37)48-34-21-9-3-2-8-20(21)32(46-34)45-33-22-10-4-5-11-23(22)35(47-33)50-38/h2-16H,1H3,(H3,45,46,47,48,49,50,51,53,54,55,56)/p+1. The van der Waals surface area contributed by atoms with Crippen molar-refractivity contribution in [2.24, 2.45) is 7.05 Å². The average Bonchev–Trinajstić information content (AvgIpc) is 3.93. The molecule has 4 N–H and O–H groups in total. The zero-order valence-corrected chi connectivity index (χ0v) is 31.4. The SMILES string of the molecule is C[n+]1c2nc3[nH]c(nc4nc(nc5[nH]c(nc1-c1ccccc1-2)c1c(Cl)c(Oc2cc(C(=O)O)cc(C(=O)O)c2)c(Cl)c(Cl)c51)-c1ccccc1-4)c1ccccc31. The predicted molar refractivity (Wildman–Crippen MR) is 215 cm³/mol. The maximum absolute atomic E-state index is 11.9. The molecule has 8 aromatic rings. The van der Waals surface area contributed by atoms with Crippen molar-refractivity contribution in [3.63, 3.8) is 0 Å². The number of fused-ring (bicyclic) bond motifs is 20. The van der Waals surface area contributed by atoms with Crippen LogP contribution in [0.3, 0.4) is 0 Å². The number of rotatable bonds is 4. The number of nitrogens with one attached hydrogen (secondary N) is 2. The molecule has 0 fully saturated rings. The van der Waals surface area contributed by atoms with Gasteiger partial charge in [-0.3, -0.25) is 0 Å². The van der Waals surface area contributed by atoms with Crippen LogP contribution in [-0.4, -0.2) is 57.0 Å². The van der Waals surface area contributed by atoms with Crippen LogP contribution in [0.4, 0.5) is 0 Å². The van der Waals surface area contributed by atoms with Crippen LogP contribution in [0.5, 0.6) is 11.5 Å². The number of H-pyrrole nitrogens is 2. The van der Waals surface area contributed by atoms with Gasteiger partial charge in [0.1, 0.15) is 22.1 Å². The summed E-state index contributed by atoms with van der Waals surface area (Å²) in [6.45, 7) is 0. The number of ether oxygens (including phenoxy) is 1. The first-order valence-electron chi connectivity index (χ1n) is 17.2. The maximum atomic E-state index is 11.9. The highest BCUT2D eigenvalue weighted by Crippen LogP contribution is 2.49. The lowest BCUT2D eigenvalue weighted by Gasteiger charge is -2.13. The molecule has 5 aromatic carbocycles. The van der Waals surface area contributed by atoms with Crippen molar-refractivity contribution in [2.75, 3.05) is 0 Å². The van der Waals surface area contributed by atoms with E-state index in [1.54, 1.807) is 0 Å². The first-order chi connectivity index (χ1) is 27.5. The molecule has 57 heavy (non-hydrogen) atoms. The van der Waals surface area contributed by atoms with Crippen molar-refractivity contribution in [3.05, 3.63) is 117 Å². The van der Waals surface area contributed by atoms with Gasteiger partial charge in [-0.15, -0.1) is 0 Å². The fraction of sp³-hybridized carbons (Fsp3) is 0.0244. The summed E-state index contributed by atoms with van der Waals surface area (Å²) in [5, 5.41) is 21.4. The summed E-state index contributed by atoms with van der Waals surface area (Å²) >= 11 is 21.2. The number of carboxylic acid groups (broad SMARTS) is 2. The van der Waals surface area contributed by atoms with Gasteiger partial charge in [-0.25, -0.2) is 29.1 Å². The van der Waals surface area contributed by atoms with Gasteiger partial charge in [0.05, 0.1) is 50.1 Å². The Balaban J connectivity index is 1.35. The summed E-state index contributed by atoms with van der Waals surface area (Å²) in [5.41, 5.74) is 4.01. The number of aromatic amines is 2. The summed E-state index contributed by atoms with van der Waals surface area (Å²) in [5.74, 6) is -1.18. The predicted octanol–water partition coefficient (Wildman–Crippen LogP) is 9.45. The number of carbonyl (C=O) groups is 2. The van der Waals surface area contributed by atoms with Crippen LogP contribution in [0.25, 0.3) is 89.7 Å². The molecule has 13 nitrogen and oxygen atoms in total. The van der Waals surface area contributed by atoms with E-state index in [1.807, 2.05) is 84.4 Å². The highest BCUT2D eigenvalue weighted by atomic mass is 35.5. The van der Waals surface area contributed by atoms with Gasteiger partial charge in [0.2, 0.25) is 11.3 Å². The van der Waals surface area contributed by atoms with Gasteiger partial charge in [-0.2, -0.15) is 0 Å². The highest BCUT2D eigenvalue weighted by Gasteiger charge is 2.31. The number of benzene rings is 5. The minimum absolute atomic E-state index is 0.0217. The molecule has 276 valence electrons. The van der Waals surface area contributed by atoms with E-state index in [-0.39, 0.29) is 54.4 Å². The van der Waals surface area contributed by atoms with E-state index in [0.29, 0.717) is 45.5 Å². The quantitative estimate of drug-likeness (QED) is 0.0986. The van der Waals surface area contributed by atoms with Crippen LogP contribution < -0.4 is 9.30 Å². The Morgan fingerprint density at radius 2 is 1.04 bits per heavy atom. The third-order valence-corrected chi connectivity index (χ3v) is 11.0. The first-order valence-corrected chi connectivity index (χ1v) is 18.3. The van der Waals surface area contributed by atoms with Crippen molar-refractivity contribution in [3.8, 4) is 57.1 Å². The number of halogens is 3. The largest absolute Gasteiger partial charge is 0.478 e. The van der Waals surface area contributed by atoms with E-state index in [9.17, 15) is 19.8 Å². The van der Waals surface area contributed by atoms with Crippen LogP contribution in [0.15, 0.2) is 91.0 Å². The van der Waals surface area contributed by atoms with E-state index < -0.39 is 11.9 Å². The molecular weight excluding hydrogens is 791 g/mol. The molecule has 0 saturated carbocycles. The van der Waals surface area contributed by atoms with Gasteiger partial charge >= 0.3 is 11.9 Å². The maximum Gasteiger partial charge on any atom is 0.335 e. The van der Waals surface area contributed by atoms with E-state index in [0.717, 1.165) is 45.7 Å². The zero-order valence-electron chi connectivity index (χ0n) is 29.1. The molecule has 0 atom stereocenters. The average molecular weight is 813 g/mol. The van der Waals surface area contributed by atoms with E-state index in [4.69, 9.17) is 64.5 Å². The Morgan fingerprint density at radius 3 is 1.61 bits per heavy atom. The Labute approximate surface area is 334 Å². The van der Waals surface area contributed by atoms with Gasteiger partial charge in [0.25, 0.3) is 11.6 Å². The monoisotopic (exact) mass is 811 g/mol. The Bertz CT molecular complexity index is 3280. The lowest BCUT2D eigenvalue weighted by molar-refractivity contribution is -0.650. The molecule has 3 aromatic heterocycles. The van der Waals surface area contributed by atoms with Crippen molar-refractivity contribution < 1.29 is 29.1 Å². The molecule has 0 saturated heterocycles. The Morgan fingerprint density at radius 1 is 0.579 bits per heavy atom. The first kappa shape index (κ1) is 34.6. The summed E-state index contributed by atoms with van der Waals surface area (Å²) < 4.78 is 7.95. The number of aromatic carboxylic acids is 2. The van der Waals surface area contributed by atoms with Gasteiger partial charge in [0, 0.05) is 21.9 Å². The van der Waals surface area contributed by atoms with Crippen molar-refractivity contribution in [1.29, 1.82) is 0 Å². The van der Waals surface area contributed by atoms with Crippen LogP contribution in [-0.2, 0) is 7.05 Å². The molecule has 0 radical (unpaired) electrons. The fourth-order valence-corrected chi connectivity index (χ4v) is 8.08. The summed E-state index contributed by atoms with van der Waals surface area (Å²) in [6, 6.07) is 26.4. The minimum atomic E-state index is -1.36. The van der Waals surface area contributed by atoms with Crippen molar-refractivity contribution in [2.45, 2.75) is 0 Å². The third kappa shape index (κ3) is 5.39. The Kier molecular flexibility index (Phi) is 7.77. The Hall–Kier alpha value is -6.93. The molecule has 0 unspecified atom stereocenters. The molecule has 8 bridgehead atoms. The summed E-state index contributed by atoms with van der Waals surface area (Å²) in [7, 11) is 1.85. The fourth-order valence-electron chi connectivity index (χ4n) is 7.21. The molecule has 5 heterocycles. The smallest absolute Gasteiger partial charge is 0.335 e. The van der Waals surface area contributed by atoms with E-state index in [2.05, 4.69) is 9.97 Å². The molecule has 0 aliphatic carbocycles. The number of hydrogen-bond donors (Lipinski definition) is 4. The van der Waals surface area contributed by atoms with E-state index >= 15 is 0 Å². The number of carboxylic acids is 2. The molecular formula is C41H22Cl3N8O5+. The van der Waals surface area contributed by atoms with Gasteiger partial charge in [0.15, 0.2) is 17.4 Å². The molecule has 2 aliphatic heterocycles. The summed E-state index contributed by atoms with van der Waals surface area (Å²) in [4.78, 5) is 55.8. The zero-order chi connectivity index (χ0) is 39.3. The lowest BCUT2D eigenvalue weighted by Crippen LogP contribution is -2.30. The molecule has 0 amide bonds. The number of hydrogen-bond acceptors (Lipinski definition) is 8. The number of nitrogens with zero attached hydrogens (tertiary/aromatic N) is 6. The highest BCUT2D eigenvalue weighted by molar-refractivity contribution is 6.51. The van der Waals surface area contributed by atoms with Crippen molar-refractivity contribution >= 4 is 90.9 Å².